The van der Waals surface area contributed by atoms with Crippen molar-refractivity contribution < 1.29 is 17.9 Å². The standard InChI is InChI=1S/C9H17F3OSi/c1-14(6-4-9(10,11)12)8-3-2-5-13-7-8/h8,14H,2-7H2,1H3. The Morgan fingerprint density at radius 2 is 2.14 bits per heavy atom. The van der Waals surface area contributed by atoms with Crippen LogP contribution in [0.3, 0.4) is 0 Å². The molecule has 1 saturated heterocycles. The summed E-state index contributed by atoms with van der Waals surface area (Å²) >= 11 is 0. The molecular formula is C9H17F3OSi. The van der Waals surface area contributed by atoms with E-state index in [4.69, 9.17) is 4.74 Å². The third kappa shape index (κ3) is 4.46. The Morgan fingerprint density at radius 3 is 2.64 bits per heavy atom. The Balaban J connectivity index is 2.23. The Morgan fingerprint density at radius 1 is 1.43 bits per heavy atom. The van der Waals surface area contributed by atoms with Crippen molar-refractivity contribution in [3.63, 3.8) is 0 Å². The lowest BCUT2D eigenvalue weighted by Crippen LogP contribution is -2.26. The molecule has 0 amide bonds. The van der Waals surface area contributed by atoms with Gasteiger partial charge in [-0.2, -0.15) is 13.2 Å². The molecule has 0 spiro atoms. The molecular weight excluding hydrogens is 209 g/mol. The third-order valence-electron chi connectivity index (χ3n) is 2.88. The maximum absolute atomic E-state index is 12.0. The molecule has 0 radical (unpaired) electrons. The van der Waals surface area contributed by atoms with Gasteiger partial charge in [0.1, 0.15) is 0 Å². The van der Waals surface area contributed by atoms with Gasteiger partial charge in [-0.1, -0.05) is 12.6 Å². The molecule has 2 unspecified atom stereocenters. The molecule has 1 heterocycles. The highest BCUT2D eigenvalue weighted by atomic mass is 28.3. The van der Waals surface area contributed by atoms with Gasteiger partial charge in [-0.3, -0.25) is 0 Å². The summed E-state index contributed by atoms with van der Waals surface area (Å²) in [5.41, 5.74) is 0.464. The topological polar surface area (TPSA) is 9.23 Å². The van der Waals surface area contributed by atoms with Crippen LogP contribution in [-0.4, -0.2) is 28.2 Å². The lowest BCUT2D eigenvalue weighted by molar-refractivity contribution is -0.130. The average molecular weight is 226 g/mol. The van der Waals surface area contributed by atoms with Gasteiger partial charge in [0.25, 0.3) is 0 Å². The zero-order valence-corrected chi connectivity index (χ0v) is 9.59. The van der Waals surface area contributed by atoms with E-state index in [1.807, 2.05) is 6.55 Å². The number of hydrogen-bond acceptors (Lipinski definition) is 1. The van der Waals surface area contributed by atoms with Crippen molar-refractivity contribution in [2.24, 2.45) is 0 Å². The summed E-state index contributed by atoms with van der Waals surface area (Å²) in [6.45, 7) is 3.52. The molecule has 0 aliphatic carbocycles. The maximum atomic E-state index is 12.0. The summed E-state index contributed by atoms with van der Waals surface area (Å²) in [6, 6.07) is 0.373. The highest BCUT2D eigenvalue weighted by Crippen LogP contribution is 2.29. The molecule has 1 nitrogen and oxygen atoms in total. The van der Waals surface area contributed by atoms with Crippen molar-refractivity contribution in [1.29, 1.82) is 0 Å². The first-order valence-corrected chi connectivity index (χ1v) is 7.77. The van der Waals surface area contributed by atoms with Gasteiger partial charge < -0.3 is 4.74 Å². The highest BCUT2D eigenvalue weighted by molar-refractivity contribution is 6.59. The van der Waals surface area contributed by atoms with Gasteiger partial charge in [0, 0.05) is 28.4 Å². The minimum atomic E-state index is -3.98. The Bertz CT molecular complexity index is 166. The van der Waals surface area contributed by atoms with E-state index in [9.17, 15) is 13.2 Å². The molecule has 14 heavy (non-hydrogen) atoms. The molecule has 1 fully saturated rings. The summed E-state index contributed by atoms with van der Waals surface area (Å²) in [5, 5.41) is 0. The van der Waals surface area contributed by atoms with E-state index >= 15 is 0 Å². The smallest absolute Gasteiger partial charge is 0.381 e. The molecule has 0 bridgehead atoms. The Labute approximate surface area is 84.2 Å². The van der Waals surface area contributed by atoms with E-state index in [1.165, 1.54) is 0 Å². The molecule has 1 rings (SSSR count). The summed E-state index contributed by atoms with van der Waals surface area (Å²) in [7, 11) is -1.23. The van der Waals surface area contributed by atoms with Gasteiger partial charge in [0.2, 0.25) is 0 Å². The van der Waals surface area contributed by atoms with Gasteiger partial charge in [0.15, 0.2) is 0 Å². The van der Waals surface area contributed by atoms with Crippen LogP contribution < -0.4 is 0 Å². The highest BCUT2D eigenvalue weighted by Gasteiger charge is 2.30. The van der Waals surface area contributed by atoms with E-state index in [1.54, 1.807) is 0 Å². The van der Waals surface area contributed by atoms with Crippen molar-refractivity contribution >= 4 is 8.80 Å². The summed E-state index contributed by atoms with van der Waals surface area (Å²) in [4.78, 5) is 0. The number of rotatable bonds is 3. The maximum Gasteiger partial charge on any atom is 0.388 e. The van der Waals surface area contributed by atoms with E-state index in [0.717, 1.165) is 19.4 Å². The van der Waals surface area contributed by atoms with Gasteiger partial charge in [-0.15, -0.1) is 0 Å². The first kappa shape index (κ1) is 12.0. The van der Waals surface area contributed by atoms with Crippen molar-refractivity contribution in [1.82, 2.24) is 0 Å². The average Bonchev–Trinajstić information content (AvgIpc) is 2.14. The van der Waals surface area contributed by atoms with Crippen molar-refractivity contribution in [3.05, 3.63) is 0 Å². The second kappa shape index (κ2) is 5.16. The minimum Gasteiger partial charge on any atom is -0.381 e. The van der Waals surface area contributed by atoms with Crippen LogP contribution in [0, 0.1) is 0 Å². The van der Waals surface area contributed by atoms with E-state index in [2.05, 4.69) is 0 Å². The largest absolute Gasteiger partial charge is 0.388 e. The Kier molecular flexibility index (Phi) is 4.44. The molecule has 0 N–H and O–H groups in total. The SMILES string of the molecule is C[SiH](CCC(F)(F)F)C1CCCOC1. The normalized spacial score (nSPS) is 26.1. The van der Waals surface area contributed by atoms with Crippen molar-refractivity contribution in [3.8, 4) is 0 Å². The molecule has 0 aromatic heterocycles. The molecule has 84 valence electrons. The minimum absolute atomic E-state index is 0.373. The molecule has 0 aromatic carbocycles. The number of alkyl halides is 3. The first-order chi connectivity index (χ1) is 6.49. The lowest BCUT2D eigenvalue weighted by atomic mass is 10.2. The van der Waals surface area contributed by atoms with Crippen molar-refractivity contribution in [2.75, 3.05) is 13.2 Å². The van der Waals surface area contributed by atoms with Gasteiger partial charge in [-0.05, 0) is 18.4 Å². The molecule has 5 heteroatoms. The second-order valence-corrected chi connectivity index (χ2v) is 7.58. The van der Waals surface area contributed by atoms with E-state index in [-0.39, 0.29) is 0 Å². The number of halogens is 3. The summed E-state index contributed by atoms with van der Waals surface area (Å²) in [5.74, 6) is 0. The first-order valence-electron chi connectivity index (χ1n) is 5.13. The monoisotopic (exact) mass is 226 g/mol. The van der Waals surface area contributed by atoms with Crippen LogP contribution in [0.5, 0.6) is 0 Å². The van der Waals surface area contributed by atoms with E-state index < -0.39 is 21.4 Å². The molecule has 0 saturated carbocycles. The molecule has 0 aromatic rings. The van der Waals surface area contributed by atoms with Crippen LogP contribution in [0.15, 0.2) is 0 Å². The molecule has 1 aliphatic heterocycles. The van der Waals surface area contributed by atoms with Crippen LogP contribution in [0.2, 0.25) is 18.1 Å². The predicted octanol–water partition coefficient (Wildman–Crippen LogP) is 2.98. The summed E-state index contributed by atoms with van der Waals surface area (Å²) in [6.07, 6.45) is -2.48. The fourth-order valence-electron chi connectivity index (χ4n) is 1.84. The fourth-order valence-corrected chi connectivity index (χ4v) is 4.36. The third-order valence-corrected chi connectivity index (χ3v) is 6.22. The molecule has 1 aliphatic rings. The lowest BCUT2D eigenvalue weighted by Gasteiger charge is -2.27. The molecule has 2 atom stereocenters. The quantitative estimate of drug-likeness (QED) is 0.672. The predicted molar refractivity (Wildman–Crippen MR) is 52.3 cm³/mol. The fraction of sp³-hybridized carbons (Fsp3) is 1.00. The van der Waals surface area contributed by atoms with Gasteiger partial charge in [0.05, 0.1) is 0 Å². The second-order valence-electron chi connectivity index (χ2n) is 4.11. The number of ether oxygens (including phenoxy) is 1. The summed E-state index contributed by atoms with van der Waals surface area (Å²) < 4.78 is 41.2. The zero-order valence-electron chi connectivity index (χ0n) is 8.44. The van der Waals surface area contributed by atoms with Crippen LogP contribution >= 0.6 is 0 Å². The van der Waals surface area contributed by atoms with Crippen LogP contribution in [0.1, 0.15) is 19.3 Å². The number of hydrogen-bond donors (Lipinski definition) is 0. The zero-order chi connectivity index (χ0) is 10.6. The van der Waals surface area contributed by atoms with E-state index in [0.29, 0.717) is 18.2 Å². The van der Waals surface area contributed by atoms with Crippen LogP contribution in [0.25, 0.3) is 0 Å². The van der Waals surface area contributed by atoms with Crippen molar-refractivity contribution in [2.45, 2.75) is 43.6 Å². The van der Waals surface area contributed by atoms with Crippen LogP contribution in [0.4, 0.5) is 13.2 Å². The van der Waals surface area contributed by atoms with Gasteiger partial charge >= 0.3 is 6.18 Å². The Hall–Kier alpha value is -0.0331. The van der Waals surface area contributed by atoms with Crippen LogP contribution in [-0.2, 0) is 4.74 Å². The van der Waals surface area contributed by atoms with Gasteiger partial charge in [-0.25, -0.2) is 0 Å².